The third kappa shape index (κ3) is 4.54. The van der Waals surface area contributed by atoms with E-state index in [0.717, 1.165) is 18.4 Å². The second-order valence-electron chi connectivity index (χ2n) is 5.49. The second kappa shape index (κ2) is 6.92. The maximum atomic E-state index is 12.3. The molecule has 116 valence electrons. The molecule has 0 saturated carbocycles. The van der Waals surface area contributed by atoms with Crippen LogP contribution in [0.3, 0.4) is 0 Å². The lowest BCUT2D eigenvalue weighted by molar-refractivity contribution is 0.252. The smallest absolute Gasteiger partial charge is 0.236 e. The van der Waals surface area contributed by atoms with Crippen molar-refractivity contribution in [2.75, 3.05) is 13.1 Å². The van der Waals surface area contributed by atoms with E-state index in [0.29, 0.717) is 24.0 Å². The first kappa shape index (κ1) is 16.5. The van der Waals surface area contributed by atoms with E-state index in [1.165, 1.54) is 9.71 Å². The number of piperidine rings is 1. The predicted octanol–water partition coefficient (Wildman–Crippen LogP) is 2.70. The van der Waals surface area contributed by atoms with Crippen LogP contribution in [0.4, 0.5) is 0 Å². The van der Waals surface area contributed by atoms with Gasteiger partial charge in [0.2, 0.25) is 10.0 Å². The van der Waals surface area contributed by atoms with Gasteiger partial charge < -0.3 is 5.73 Å². The Kier molecular flexibility index (Phi) is 5.43. The second-order valence-corrected chi connectivity index (χ2v) is 7.75. The maximum absolute atomic E-state index is 12.3. The highest BCUT2D eigenvalue weighted by Crippen LogP contribution is 2.22. The summed E-state index contributed by atoms with van der Waals surface area (Å²) < 4.78 is 26.1. The first-order chi connectivity index (χ1) is 9.88. The van der Waals surface area contributed by atoms with Crippen LogP contribution in [0, 0.1) is 5.92 Å². The summed E-state index contributed by atoms with van der Waals surface area (Å²) in [6, 6.07) is 7.18. The van der Waals surface area contributed by atoms with E-state index < -0.39 is 10.0 Å². The van der Waals surface area contributed by atoms with E-state index >= 15 is 0 Å². The van der Waals surface area contributed by atoms with E-state index in [1.807, 2.05) is 6.92 Å². The van der Waals surface area contributed by atoms with Crippen molar-refractivity contribution in [1.29, 1.82) is 0 Å². The number of rotatable bonds is 4. The number of nitrogens with two attached hydrogens (primary N) is 1. The molecular weight excluding hydrogens is 308 g/mol. The fraction of sp³-hybridized carbons (Fsp3) is 0.467. The molecule has 0 bridgehead atoms. The van der Waals surface area contributed by atoms with Gasteiger partial charge in [0.05, 0.1) is 0 Å². The Morgan fingerprint density at radius 3 is 2.38 bits per heavy atom. The topological polar surface area (TPSA) is 63.4 Å². The summed E-state index contributed by atoms with van der Waals surface area (Å²) >= 11 is 5.80. The summed E-state index contributed by atoms with van der Waals surface area (Å²) in [6.45, 7) is 3.06. The van der Waals surface area contributed by atoms with E-state index in [9.17, 15) is 8.42 Å². The standard InChI is InChI=1S/C15H21ClN2O2S/c1-12(17)14-6-9-18(10-7-14)21(19,20)11-8-13-2-4-15(16)5-3-13/h2-5,8,11-12,14H,6-7,9-10,17H2,1H3. The molecule has 6 heteroatoms. The SMILES string of the molecule is CC(N)C1CCN(S(=O)(=O)C=Cc2ccc(Cl)cc2)CC1. The van der Waals surface area contributed by atoms with Crippen LogP contribution in [0.1, 0.15) is 25.3 Å². The Morgan fingerprint density at radius 2 is 1.86 bits per heavy atom. The van der Waals surface area contributed by atoms with Gasteiger partial charge in [0, 0.05) is 29.6 Å². The highest BCUT2D eigenvalue weighted by Gasteiger charge is 2.27. The monoisotopic (exact) mass is 328 g/mol. The third-order valence-electron chi connectivity index (χ3n) is 3.90. The van der Waals surface area contributed by atoms with Crippen molar-refractivity contribution < 1.29 is 8.42 Å². The Hall–Kier alpha value is -0.880. The summed E-state index contributed by atoms with van der Waals surface area (Å²) in [4.78, 5) is 0. The normalized spacial score (nSPS) is 20.0. The fourth-order valence-electron chi connectivity index (χ4n) is 2.48. The number of hydrogen-bond donors (Lipinski definition) is 1. The number of sulfonamides is 1. The predicted molar refractivity (Wildman–Crippen MR) is 87.4 cm³/mol. The summed E-state index contributed by atoms with van der Waals surface area (Å²) in [5.74, 6) is 0.414. The Balaban J connectivity index is 2.01. The average Bonchev–Trinajstić information content (AvgIpc) is 2.47. The zero-order valence-corrected chi connectivity index (χ0v) is 13.6. The molecule has 0 amide bonds. The van der Waals surface area contributed by atoms with Crippen molar-refractivity contribution in [2.24, 2.45) is 11.7 Å². The lowest BCUT2D eigenvalue weighted by atomic mass is 9.92. The van der Waals surface area contributed by atoms with Crippen LogP contribution < -0.4 is 5.73 Å². The Morgan fingerprint density at radius 1 is 1.29 bits per heavy atom. The highest BCUT2D eigenvalue weighted by molar-refractivity contribution is 7.92. The van der Waals surface area contributed by atoms with Crippen LogP contribution in [0.25, 0.3) is 6.08 Å². The molecule has 1 aromatic carbocycles. The van der Waals surface area contributed by atoms with Gasteiger partial charge in [-0.2, -0.15) is 4.31 Å². The molecule has 4 nitrogen and oxygen atoms in total. The van der Waals surface area contributed by atoms with Gasteiger partial charge in [0.25, 0.3) is 0 Å². The van der Waals surface area contributed by atoms with Crippen LogP contribution in [-0.4, -0.2) is 31.9 Å². The Labute approximate surface area is 131 Å². The summed E-state index contributed by atoms with van der Waals surface area (Å²) in [5.41, 5.74) is 6.69. The van der Waals surface area contributed by atoms with Gasteiger partial charge >= 0.3 is 0 Å². The van der Waals surface area contributed by atoms with E-state index in [1.54, 1.807) is 30.3 Å². The van der Waals surface area contributed by atoms with Gasteiger partial charge in [-0.25, -0.2) is 8.42 Å². The molecule has 1 aliphatic rings. The van der Waals surface area contributed by atoms with E-state index in [2.05, 4.69) is 0 Å². The van der Waals surface area contributed by atoms with Crippen molar-refractivity contribution in [3.8, 4) is 0 Å². The number of benzene rings is 1. The molecule has 0 aliphatic carbocycles. The maximum Gasteiger partial charge on any atom is 0.236 e. The van der Waals surface area contributed by atoms with Crippen LogP contribution in [0.2, 0.25) is 5.02 Å². The van der Waals surface area contributed by atoms with E-state index in [-0.39, 0.29) is 6.04 Å². The van der Waals surface area contributed by atoms with Crippen LogP contribution in [-0.2, 0) is 10.0 Å². The van der Waals surface area contributed by atoms with Crippen molar-refractivity contribution in [2.45, 2.75) is 25.8 Å². The van der Waals surface area contributed by atoms with Crippen molar-refractivity contribution in [1.82, 2.24) is 4.31 Å². The molecule has 2 rings (SSSR count). The molecule has 1 aliphatic heterocycles. The first-order valence-electron chi connectivity index (χ1n) is 7.08. The zero-order valence-electron chi connectivity index (χ0n) is 12.1. The minimum Gasteiger partial charge on any atom is -0.328 e. The molecule has 1 saturated heterocycles. The summed E-state index contributed by atoms with van der Waals surface area (Å²) in [6.07, 6.45) is 3.25. The van der Waals surface area contributed by atoms with Gasteiger partial charge in [-0.1, -0.05) is 23.7 Å². The Bertz CT molecular complexity index is 589. The largest absolute Gasteiger partial charge is 0.328 e. The minimum absolute atomic E-state index is 0.125. The van der Waals surface area contributed by atoms with Gasteiger partial charge in [-0.15, -0.1) is 0 Å². The number of hydrogen-bond acceptors (Lipinski definition) is 3. The van der Waals surface area contributed by atoms with Crippen molar-refractivity contribution in [3.63, 3.8) is 0 Å². The molecule has 21 heavy (non-hydrogen) atoms. The van der Waals surface area contributed by atoms with Crippen molar-refractivity contribution >= 4 is 27.7 Å². The zero-order chi connectivity index (χ0) is 15.5. The van der Waals surface area contributed by atoms with Crippen LogP contribution in [0.15, 0.2) is 29.7 Å². The molecule has 2 N–H and O–H groups in total. The number of halogens is 1. The molecular formula is C15H21ClN2O2S. The number of nitrogens with zero attached hydrogens (tertiary/aromatic N) is 1. The van der Waals surface area contributed by atoms with Crippen molar-refractivity contribution in [3.05, 3.63) is 40.3 Å². The summed E-state index contributed by atoms with van der Waals surface area (Å²) in [5, 5.41) is 1.90. The summed E-state index contributed by atoms with van der Waals surface area (Å²) in [7, 11) is -3.36. The van der Waals surface area contributed by atoms with Gasteiger partial charge in [0.15, 0.2) is 0 Å². The highest BCUT2D eigenvalue weighted by atomic mass is 35.5. The molecule has 1 atom stereocenters. The lowest BCUT2D eigenvalue weighted by Crippen LogP contribution is -2.41. The molecule has 1 unspecified atom stereocenters. The van der Waals surface area contributed by atoms with Gasteiger partial charge in [-0.3, -0.25) is 0 Å². The van der Waals surface area contributed by atoms with E-state index in [4.69, 9.17) is 17.3 Å². The van der Waals surface area contributed by atoms with Gasteiger partial charge in [0.1, 0.15) is 0 Å². The minimum atomic E-state index is -3.36. The first-order valence-corrected chi connectivity index (χ1v) is 8.96. The molecule has 1 heterocycles. The molecule has 1 fully saturated rings. The lowest BCUT2D eigenvalue weighted by Gasteiger charge is -2.32. The molecule has 0 aromatic heterocycles. The van der Waals surface area contributed by atoms with Crippen LogP contribution in [0.5, 0.6) is 0 Å². The van der Waals surface area contributed by atoms with Gasteiger partial charge in [-0.05, 0) is 49.5 Å². The quantitative estimate of drug-likeness (QED) is 0.924. The molecule has 1 aromatic rings. The average molecular weight is 329 g/mol. The fourth-order valence-corrected chi connectivity index (χ4v) is 3.83. The third-order valence-corrected chi connectivity index (χ3v) is 5.72. The molecule has 0 radical (unpaired) electrons. The molecule has 0 spiro atoms. The van der Waals surface area contributed by atoms with Crippen LogP contribution >= 0.6 is 11.6 Å².